The first-order valence-corrected chi connectivity index (χ1v) is 11.5. The lowest BCUT2D eigenvalue weighted by atomic mass is 10.2. The lowest BCUT2D eigenvalue weighted by molar-refractivity contribution is -0.117. The summed E-state index contributed by atoms with van der Waals surface area (Å²) >= 11 is 0. The molecule has 1 aliphatic rings. The van der Waals surface area contributed by atoms with E-state index in [9.17, 15) is 13.2 Å². The number of ether oxygens (including phenoxy) is 1. The van der Waals surface area contributed by atoms with Crippen molar-refractivity contribution in [2.24, 2.45) is 0 Å². The summed E-state index contributed by atoms with van der Waals surface area (Å²) in [5.74, 6) is -0.166. The van der Waals surface area contributed by atoms with E-state index in [0.717, 1.165) is 31.2 Å². The van der Waals surface area contributed by atoms with E-state index in [1.165, 1.54) is 0 Å². The van der Waals surface area contributed by atoms with Gasteiger partial charge in [0.1, 0.15) is 0 Å². The number of hydrogen-bond acceptors (Lipinski definition) is 4. The molecule has 0 aromatic heterocycles. The van der Waals surface area contributed by atoms with Crippen molar-refractivity contribution >= 4 is 21.6 Å². The summed E-state index contributed by atoms with van der Waals surface area (Å²) < 4.78 is 32.7. The van der Waals surface area contributed by atoms with Gasteiger partial charge >= 0.3 is 0 Å². The highest BCUT2D eigenvalue weighted by Gasteiger charge is 2.24. The van der Waals surface area contributed by atoms with Crippen LogP contribution < -0.4 is 5.32 Å². The molecule has 156 valence electrons. The molecular weight excluding hydrogens is 388 g/mol. The molecule has 1 heterocycles. The Morgan fingerprint density at radius 1 is 0.931 bits per heavy atom. The number of rotatable bonds is 8. The predicted octanol–water partition coefficient (Wildman–Crippen LogP) is 3.80. The van der Waals surface area contributed by atoms with E-state index < -0.39 is 10.0 Å². The fraction of sp³-hybridized carbons (Fsp3) is 0.409. The number of sulfonamides is 1. The largest absolute Gasteiger partial charge is 0.376 e. The number of carbonyl (C=O) groups is 1. The second-order valence-corrected chi connectivity index (χ2v) is 9.12. The molecule has 29 heavy (non-hydrogen) atoms. The van der Waals surface area contributed by atoms with E-state index >= 15 is 0 Å². The third-order valence-electron chi connectivity index (χ3n) is 4.93. The topological polar surface area (TPSA) is 75.7 Å². The quantitative estimate of drug-likeness (QED) is 0.664. The van der Waals surface area contributed by atoms with Crippen LogP contribution in [0, 0.1) is 0 Å². The smallest absolute Gasteiger partial charge is 0.243 e. The van der Waals surface area contributed by atoms with Crippen molar-refractivity contribution in [2.45, 2.75) is 43.6 Å². The summed E-state index contributed by atoms with van der Waals surface area (Å²) in [6.45, 7) is 1.94. The van der Waals surface area contributed by atoms with Gasteiger partial charge in [-0.3, -0.25) is 4.79 Å². The number of anilines is 1. The number of benzene rings is 2. The molecule has 1 aliphatic heterocycles. The average Bonchev–Trinajstić information content (AvgIpc) is 3.03. The van der Waals surface area contributed by atoms with E-state index in [1.807, 2.05) is 30.3 Å². The van der Waals surface area contributed by atoms with E-state index in [0.29, 0.717) is 32.0 Å². The first-order valence-electron chi connectivity index (χ1n) is 10.1. The van der Waals surface area contributed by atoms with Crippen LogP contribution in [0.4, 0.5) is 5.69 Å². The first kappa shape index (κ1) is 21.5. The van der Waals surface area contributed by atoms with Gasteiger partial charge in [-0.1, -0.05) is 43.2 Å². The van der Waals surface area contributed by atoms with Crippen LogP contribution in [0.3, 0.4) is 0 Å². The van der Waals surface area contributed by atoms with Crippen molar-refractivity contribution in [3.05, 3.63) is 60.2 Å². The van der Waals surface area contributed by atoms with Crippen LogP contribution in [-0.2, 0) is 26.2 Å². The Morgan fingerprint density at radius 3 is 2.24 bits per heavy atom. The Morgan fingerprint density at radius 2 is 1.59 bits per heavy atom. The summed E-state index contributed by atoms with van der Waals surface area (Å²) in [5.41, 5.74) is 1.64. The fourth-order valence-electron chi connectivity index (χ4n) is 3.29. The van der Waals surface area contributed by atoms with E-state index in [1.54, 1.807) is 28.6 Å². The summed E-state index contributed by atoms with van der Waals surface area (Å²) in [6, 6.07) is 16.2. The second kappa shape index (κ2) is 10.5. The van der Waals surface area contributed by atoms with Crippen molar-refractivity contribution < 1.29 is 17.9 Å². The molecule has 0 unspecified atom stereocenters. The normalized spacial score (nSPS) is 15.6. The Labute approximate surface area is 172 Å². The minimum Gasteiger partial charge on any atom is -0.376 e. The average molecular weight is 417 g/mol. The second-order valence-electron chi connectivity index (χ2n) is 7.18. The van der Waals surface area contributed by atoms with Gasteiger partial charge in [-0.15, -0.1) is 0 Å². The molecule has 2 aromatic rings. The minimum absolute atomic E-state index is 0.166. The molecule has 0 spiro atoms. The fourth-order valence-corrected chi connectivity index (χ4v) is 4.81. The lowest BCUT2D eigenvalue weighted by Gasteiger charge is -2.20. The van der Waals surface area contributed by atoms with Gasteiger partial charge in [-0.25, -0.2) is 8.42 Å². The van der Waals surface area contributed by atoms with Crippen LogP contribution in [0.2, 0.25) is 0 Å². The molecule has 0 saturated carbocycles. The highest BCUT2D eigenvalue weighted by Crippen LogP contribution is 2.21. The van der Waals surface area contributed by atoms with Gasteiger partial charge in [-0.2, -0.15) is 4.31 Å². The Kier molecular flexibility index (Phi) is 7.80. The maximum Gasteiger partial charge on any atom is 0.243 e. The summed E-state index contributed by atoms with van der Waals surface area (Å²) in [4.78, 5) is 12.3. The molecule has 2 aromatic carbocycles. The van der Waals surface area contributed by atoms with E-state index in [4.69, 9.17) is 4.74 Å². The van der Waals surface area contributed by atoms with Crippen LogP contribution in [-0.4, -0.2) is 38.3 Å². The number of amides is 1. The zero-order chi connectivity index (χ0) is 20.5. The third-order valence-corrected chi connectivity index (χ3v) is 6.84. The maximum absolute atomic E-state index is 12.8. The molecule has 1 N–H and O–H groups in total. The van der Waals surface area contributed by atoms with Crippen LogP contribution in [0.5, 0.6) is 0 Å². The summed E-state index contributed by atoms with van der Waals surface area (Å²) in [6.07, 6.45) is 4.19. The maximum atomic E-state index is 12.8. The van der Waals surface area contributed by atoms with E-state index in [-0.39, 0.29) is 17.2 Å². The highest BCUT2D eigenvalue weighted by molar-refractivity contribution is 7.89. The lowest BCUT2D eigenvalue weighted by Crippen LogP contribution is -2.31. The molecule has 0 radical (unpaired) electrons. The van der Waals surface area contributed by atoms with Gasteiger partial charge < -0.3 is 10.1 Å². The molecule has 1 saturated heterocycles. The summed E-state index contributed by atoms with van der Waals surface area (Å²) in [7, 11) is -3.47. The van der Waals surface area contributed by atoms with Gasteiger partial charge in [0.2, 0.25) is 15.9 Å². The number of hydrogen-bond donors (Lipinski definition) is 1. The van der Waals surface area contributed by atoms with Crippen LogP contribution >= 0.6 is 0 Å². The predicted molar refractivity (Wildman–Crippen MR) is 113 cm³/mol. The molecular formula is C22H28N2O4S. The third kappa shape index (κ3) is 6.39. The number of nitrogens with one attached hydrogen (secondary N) is 1. The monoisotopic (exact) mass is 416 g/mol. The zero-order valence-electron chi connectivity index (χ0n) is 16.5. The van der Waals surface area contributed by atoms with Crippen LogP contribution in [0.1, 0.15) is 37.7 Å². The Balaban J connectivity index is 1.47. The molecule has 3 rings (SSSR count). The Bertz CT molecular complexity index is 875. The SMILES string of the molecule is O=C(CCOCc1ccccc1)Nc1ccc(S(=O)(=O)N2CCCCCC2)cc1. The highest BCUT2D eigenvalue weighted by atomic mass is 32.2. The van der Waals surface area contributed by atoms with Crippen molar-refractivity contribution in [1.29, 1.82) is 0 Å². The standard InChI is InChI=1S/C22H28N2O4S/c25-22(14-17-28-18-19-8-4-3-5-9-19)23-20-10-12-21(13-11-20)29(26,27)24-15-6-1-2-7-16-24/h3-5,8-13H,1-2,6-7,14-18H2,(H,23,25). The van der Waals surface area contributed by atoms with Crippen molar-refractivity contribution in [1.82, 2.24) is 4.31 Å². The van der Waals surface area contributed by atoms with E-state index in [2.05, 4.69) is 5.32 Å². The molecule has 1 amide bonds. The number of carbonyl (C=O) groups excluding carboxylic acids is 1. The summed E-state index contributed by atoms with van der Waals surface area (Å²) in [5, 5.41) is 2.78. The Hall–Kier alpha value is -2.22. The minimum atomic E-state index is -3.47. The van der Waals surface area contributed by atoms with Crippen LogP contribution in [0.25, 0.3) is 0 Å². The van der Waals surface area contributed by atoms with Crippen molar-refractivity contribution in [3.8, 4) is 0 Å². The van der Waals surface area contributed by atoms with Crippen molar-refractivity contribution in [2.75, 3.05) is 25.0 Å². The first-order chi connectivity index (χ1) is 14.1. The molecule has 7 heteroatoms. The van der Waals surface area contributed by atoms with Gasteiger partial charge in [0.05, 0.1) is 24.5 Å². The van der Waals surface area contributed by atoms with Crippen LogP contribution in [0.15, 0.2) is 59.5 Å². The van der Waals surface area contributed by atoms with Crippen molar-refractivity contribution in [3.63, 3.8) is 0 Å². The van der Waals surface area contributed by atoms with Gasteiger partial charge in [-0.05, 0) is 42.7 Å². The molecule has 0 bridgehead atoms. The molecule has 1 fully saturated rings. The molecule has 0 aliphatic carbocycles. The molecule has 6 nitrogen and oxygen atoms in total. The number of nitrogens with zero attached hydrogens (tertiary/aromatic N) is 1. The molecule has 0 atom stereocenters. The van der Waals surface area contributed by atoms with Gasteiger partial charge in [0, 0.05) is 18.8 Å². The van der Waals surface area contributed by atoms with Gasteiger partial charge in [0.25, 0.3) is 0 Å². The van der Waals surface area contributed by atoms with Gasteiger partial charge in [0.15, 0.2) is 0 Å². The zero-order valence-corrected chi connectivity index (χ0v) is 17.4.